The van der Waals surface area contributed by atoms with Crippen LogP contribution in [0.5, 0.6) is 0 Å². The molecule has 0 aliphatic carbocycles. The maximum Gasteiger partial charge on any atom is 0.416 e. The number of benzene rings is 2. The van der Waals surface area contributed by atoms with Gasteiger partial charge in [-0.1, -0.05) is 12.1 Å². The Morgan fingerprint density at radius 1 is 1.10 bits per heavy atom. The van der Waals surface area contributed by atoms with Crippen molar-refractivity contribution in [3.05, 3.63) is 70.0 Å². The second kappa shape index (κ2) is 7.14. The predicted molar refractivity (Wildman–Crippen MR) is 95.2 cm³/mol. The molecule has 4 rings (SSSR count). The van der Waals surface area contributed by atoms with Crippen LogP contribution in [0.25, 0.3) is 0 Å². The predicted octanol–water partition coefficient (Wildman–Crippen LogP) is 2.76. The average Bonchev–Trinajstić information content (AvgIpc) is 3.00. The minimum absolute atomic E-state index is 0.000648. The summed E-state index contributed by atoms with van der Waals surface area (Å²) in [5, 5.41) is 5.58. The number of nitrogens with one attached hydrogen (secondary N) is 2. The van der Waals surface area contributed by atoms with Crippen LogP contribution in [-0.4, -0.2) is 29.8 Å². The first-order chi connectivity index (χ1) is 13.7. The lowest BCUT2D eigenvalue weighted by molar-refractivity contribution is -0.138. The molecule has 2 aromatic carbocycles. The van der Waals surface area contributed by atoms with Gasteiger partial charge < -0.3 is 10.6 Å². The lowest BCUT2D eigenvalue weighted by Crippen LogP contribution is -2.49. The van der Waals surface area contributed by atoms with E-state index in [9.17, 15) is 27.2 Å². The van der Waals surface area contributed by atoms with Gasteiger partial charge in [-0.2, -0.15) is 13.2 Å². The summed E-state index contributed by atoms with van der Waals surface area (Å²) in [5.74, 6) is -1.39. The average molecular weight is 407 g/mol. The summed E-state index contributed by atoms with van der Waals surface area (Å²) >= 11 is 0. The smallest absolute Gasteiger partial charge is 0.348 e. The third-order valence-electron chi connectivity index (χ3n) is 5.05. The number of piperazine rings is 1. The molecule has 2 amide bonds. The molecule has 0 aromatic heterocycles. The molecule has 2 aliphatic rings. The Labute approximate surface area is 163 Å². The van der Waals surface area contributed by atoms with Crippen molar-refractivity contribution in [1.82, 2.24) is 15.5 Å². The van der Waals surface area contributed by atoms with Crippen molar-refractivity contribution in [3.63, 3.8) is 0 Å². The lowest BCUT2D eigenvalue weighted by atomic mass is 9.99. The first-order valence-electron chi connectivity index (χ1n) is 8.98. The summed E-state index contributed by atoms with van der Waals surface area (Å²) in [4.78, 5) is 25.5. The highest BCUT2D eigenvalue weighted by atomic mass is 19.4. The summed E-state index contributed by atoms with van der Waals surface area (Å²) in [6.45, 7) is 0.773. The zero-order valence-corrected chi connectivity index (χ0v) is 15.1. The van der Waals surface area contributed by atoms with Crippen LogP contribution in [-0.2, 0) is 24.1 Å². The molecule has 1 saturated heterocycles. The highest BCUT2D eigenvalue weighted by molar-refractivity contribution is 5.98. The van der Waals surface area contributed by atoms with E-state index < -0.39 is 17.6 Å². The lowest BCUT2D eigenvalue weighted by Gasteiger charge is -2.33. The normalized spacial score (nSPS) is 19.7. The highest BCUT2D eigenvalue weighted by Crippen LogP contribution is 2.31. The fourth-order valence-corrected chi connectivity index (χ4v) is 3.75. The van der Waals surface area contributed by atoms with Crippen LogP contribution in [0.3, 0.4) is 0 Å². The number of halogens is 4. The van der Waals surface area contributed by atoms with Crippen molar-refractivity contribution < 1.29 is 27.2 Å². The van der Waals surface area contributed by atoms with Gasteiger partial charge in [0.25, 0.3) is 5.91 Å². The Morgan fingerprint density at radius 2 is 1.90 bits per heavy atom. The van der Waals surface area contributed by atoms with Crippen molar-refractivity contribution in [3.8, 4) is 0 Å². The number of rotatable bonds is 3. The minimum atomic E-state index is -4.64. The van der Waals surface area contributed by atoms with Crippen LogP contribution < -0.4 is 10.6 Å². The summed E-state index contributed by atoms with van der Waals surface area (Å²) in [6, 6.07) is 7.30. The molecule has 5 nitrogen and oxygen atoms in total. The van der Waals surface area contributed by atoms with Crippen molar-refractivity contribution in [1.29, 1.82) is 0 Å². The molecule has 9 heteroatoms. The van der Waals surface area contributed by atoms with Gasteiger partial charge in [0.1, 0.15) is 5.82 Å². The molecule has 0 spiro atoms. The largest absolute Gasteiger partial charge is 0.416 e. The van der Waals surface area contributed by atoms with Crippen molar-refractivity contribution >= 4 is 11.8 Å². The molecule has 0 radical (unpaired) electrons. The highest BCUT2D eigenvalue weighted by Gasteiger charge is 2.32. The van der Waals surface area contributed by atoms with E-state index in [1.807, 2.05) is 6.07 Å². The van der Waals surface area contributed by atoms with Crippen molar-refractivity contribution in [2.45, 2.75) is 25.3 Å². The van der Waals surface area contributed by atoms with E-state index in [4.69, 9.17) is 0 Å². The number of carbonyl (C=O) groups excluding carboxylic acids is 2. The zero-order chi connectivity index (χ0) is 20.8. The number of carbonyl (C=O) groups is 2. The Balaban J connectivity index is 1.54. The van der Waals surface area contributed by atoms with Crippen molar-refractivity contribution in [2.24, 2.45) is 0 Å². The third kappa shape index (κ3) is 4.09. The van der Waals surface area contributed by atoms with Gasteiger partial charge in [0.2, 0.25) is 5.91 Å². The Morgan fingerprint density at radius 3 is 2.66 bits per heavy atom. The molecule has 0 saturated carbocycles. The maximum absolute atomic E-state index is 13.7. The van der Waals surface area contributed by atoms with Gasteiger partial charge in [-0.15, -0.1) is 0 Å². The van der Waals surface area contributed by atoms with Gasteiger partial charge in [0.15, 0.2) is 0 Å². The van der Waals surface area contributed by atoms with E-state index in [1.165, 1.54) is 0 Å². The van der Waals surface area contributed by atoms with E-state index in [-0.39, 0.29) is 36.5 Å². The fraction of sp³-hybridized carbons (Fsp3) is 0.300. The number of amides is 2. The zero-order valence-electron chi connectivity index (χ0n) is 15.1. The molecular weight excluding hydrogens is 390 g/mol. The van der Waals surface area contributed by atoms with Gasteiger partial charge in [-0.05, 0) is 41.0 Å². The van der Waals surface area contributed by atoms with E-state index in [1.54, 1.807) is 17.0 Å². The first kappa shape index (κ1) is 19.4. The Hall–Kier alpha value is -2.94. The topological polar surface area (TPSA) is 61.4 Å². The van der Waals surface area contributed by atoms with Gasteiger partial charge >= 0.3 is 6.18 Å². The van der Waals surface area contributed by atoms with Crippen LogP contribution in [0.2, 0.25) is 0 Å². The Bertz CT molecular complexity index is 990. The van der Waals surface area contributed by atoms with Crippen LogP contribution in [0, 0.1) is 5.82 Å². The van der Waals surface area contributed by atoms with E-state index in [0.717, 1.165) is 23.3 Å². The summed E-state index contributed by atoms with van der Waals surface area (Å²) in [5.41, 5.74) is 1.32. The maximum atomic E-state index is 13.7. The van der Waals surface area contributed by atoms with Crippen LogP contribution in [0.15, 0.2) is 36.4 Å². The number of alkyl halides is 3. The summed E-state index contributed by atoms with van der Waals surface area (Å²) in [6.07, 6.45) is -4.64. The molecule has 0 unspecified atom stereocenters. The van der Waals surface area contributed by atoms with E-state index in [0.29, 0.717) is 24.7 Å². The molecule has 1 atom stereocenters. The molecule has 0 bridgehead atoms. The van der Waals surface area contributed by atoms with Gasteiger partial charge in [-0.3, -0.25) is 14.5 Å². The fourth-order valence-electron chi connectivity index (χ4n) is 3.75. The first-order valence-corrected chi connectivity index (χ1v) is 8.98. The number of nitrogens with zero attached hydrogens (tertiary/aromatic N) is 1. The molecule has 2 N–H and O–H groups in total. The molecular formula is C20H17F4N3O2. The Kier molecular flexibility index (Phi) is 4.77. The molecule has 29 heavy (non-hydrogen) atoms. The molecule has 1 fully saturated rings. The van der Waals surface area contributed by atoms with Crippen LogP contribution in [0.1, 0.15) is 38.7 Å². The molecule has 2 heterocycles. The number of hydrogen-bond donors (Lipinski definition) is 2. The molecule has 2 aliphatic heterocycles. The molecule has 2 aromatic rings. The summed E-state index contributed by atoms with van der Waals surface area (Å²) in [7, 11) is 0. The summed E-state index contributed by atoms with van der Waals surface area (Å²) < 4.78 is 52.5. The van der Waals surface area contributed by atoms with Crippen LogP contribution in [0.4, 0.5) is 17.6 Å². The van der Waals surface area contributed by atoms with Gasteiger partial charge in [0, 0.05) is 25.2 Å². The third-order valence-corrected chi connectivity index (χ3v) is 5.05. The van der Waals surface area contributed by atoms with E-state index in [2.05, 4.69) is 10.6 Å². The second-order valence-corrected chi connectivity index (χ2v) is 7.23. The minimum Gasteiger partial charge on any atom is -0.348 e. The number of hydrogen-bond acceptors (Lipinski definition) is 3. The van der Waals surface area contributed by atoms with Gasteiger partial charge in [0.05, 0.1) is 18.2 Å². The van der Waals surface area contributed by atoms with E-state index >= 15 is 0 Å². The SMILES string of the molecule is O=C1CN(Cc2cc(F)cc(C(F)(F)F)c2)C[C@@H](c2ccc3c(c2)CNC3=O)N1. The number of fused-ring (bicyclic) bond motifs is 1. The van der Waals surface area contributed by atoms with Crippen molar-refractivity contribution in [2.75, 3.05) is 13.1 Å². The van der Waals surface area contributed by atoms with Gasteiger partial charge in [-0.25, -0.2) is 4.39 Å². The monoisotopic (exact) mass is 407 g/mol. The van der Waals surface area contributed by atoms with Crippen LogP contribution >= 0.6 is 0 Å². The quantitative estimate of drug-likeness (QED) is 0.770. The molecule has 152 valence electrons. The standard InChI is InChI=1S/C20H17F4N3O2/c21-15-4-11(3-14(6-15)20(22,23)24)8-27-9-17(26-18(28)10-27)12-1-2-16-13(5-12)7-25-19(16)29/h1-6,17H,7-10H2,(H,25,29)(H,26,28)/t17-/m0/s1. The second-order valence-electron chi connectivity index (χ2n) is 7.23.